The molecule has 1 aromatic heterocycles. The van der Waals surface area contributed by atoms with Gasteiger partial charge in [0.2, 0.25) is 0 Å². The quantitative estimate of drug-likeness (QED) is 0.865. The highest BCUT2D eigenvalue weighted by Crippen LogP contribution is 2.30. The van der Waals surface area contributed by atoms with Gasteiger partial charge in [-0.2, -0.15) is 0 Å². The molecule has 1 amide bonds. The highest BCUT2D eigenvalue weighted by molar-refractivity contribution is 7.10. The zero-order valence-corrected chi connectivity index (χ0v) is 15.0. The van der Waals surface area contributed by atoms with Crippen molar-refractivity contribution in [3.63, 3.8) is 0 Å². The third-order valence-corrected chi connectivity index (χ3v) is 4.91. The van der Waals surface area contributed by atoms with Crippen molar-refractivity contribution in [2.45, 2.75) is 33.2 Å². The molecular weight excluding hydrogens is 310 g/mol. The summed E-state index contributed by atoms with van der Waals surface area (Å²) in [4.78, 5) is 13.7. The van der Waals surface area contributed by atoms with Gasteiger partial charge < -0.3 is 14.8 Å². The van der Waals surface area contributed by atoms with Gasteiger partial charge in [-0.25, -0.2) is 0 Å². The normalized spacial score (nSPS) is 11.9. The lowest BCUT2D eigenvalue weighted by Crippen LogP contribution is -2.27. The fourth-order valence-corrected chi connectivity index (χ4v) is 3.53. The maximum Gasteiger partial charge on any atom is 0.252 e. The number of thiophene rings is 1. The Kier molecular flexibility index (Phi) is 5.66. The number of aryl methyl sites for hydroxylation is 1. The maximum absolute atomic E-state index is 12.5. The Morgan fingerprint density at radius 1 is 1.26 bits per heavy atom. The van der Waals surface area contributed by atoms with Crippen molar-refractivity contribution < 1.29 is 14.3 Å². The molecule has 0 aliphatic carbocycles. The first-order valence-electron chi connectivity index (χ1n) is 7.61. The van der Waals surface area contributed by atoms with Crippen LogP contribution in [0.5, 0.6) is 11.5 Å². The minimum atomic E-state index is -0.118. The van der Waals surface area contributed by atoms with Crippen LogP contribution in [0.4, 0.5) is 0 Å². The molecule has 0 unspecified atom stereocenters. The number of rotatable bonds is 6. The van der Waals surface area contributed by atoms with Gasteiger partial charge in [-0.3, -0.25) is 4.79 Å². The van der Waals surface area contributed by atoms with Crippen LogP contribution < -0.4 is 14.8 Å². The lowest BCUT2D eigenvalue weighted by atomic mass is 10.1. The topological polar surface area (TPSA) is 47.6 Å². The van der Waals surface area contributed by atoms with Gasteiger partial charge in [-0.15, -0.1) is 11.3 Å². The second kappa shape index (κ2) is 7.51. The van der Waals surface area contributed by atoms with Crippen LogP contribution in [0.1, 0.15) is 46.3 Å². The number of amides is 1. The molecule has 0 aliphatic rings. The van der Waals surface area contributed by atoms with E-state index in [2.05, 4.69) is 19.2 Å². The Hall–Kier alpha value is -2.01. The molecule has 1 N–H and O–H groups in total. The number of benzene rings is 1. The molecule has 23 heavy (non-hydrogen) atoms. The van der Waals surface area contributed by atoms with Crippen LogP contribution in [-0.2, 0) is 6.42 Å². The number of hydrogen-bond acceptors (Lipinski definition) is 4. The molecule has 0 saturated heterocycles. The third kappa shape index (κ3) is 3.67. The summed E-state index contributed by atoms with van der Waals surface area (Å²) in [6.07, 6.45) is 0.864. The molecule has 1 atom stereocenters. The molecule has 2 aromatic rings. The van der Waals surface area contributed by atoms with E-state index in [-0.39, 0.29) is 11.9 Å². The lowest BCUT2D eigenvalue weighted by molar-refractivity contribution is 0.0939. The number of hydrogen-bond donors (Lipinski definition) is 1. The van der Waals surface area contributed by atoms with Gasteiger partial charge in [0.15, 0.2) is 11.5 Å². The molecule has 0 spiro atoms. The van der Waals surface area contributed by atoms with Crippen LogP contribution in [-0.4, -0.2) is 20.1 Å². The highest BCUT2D eigenvalue weighted by Gasteiger charge is 2.18. The van der Waals surface area contributed by atoms with E-state index in [1.54, 1.807) is 25.6 Å². The van der Waals surface area contributed by atoms with E-state index in [1.165, 1.54) is 4.88 Å². The molecule has 1 aromatic carbocycles. The summed E-state index contributed by atoms with van der Waals surface area (Å²) in [5.74, 6) is 1.30. The third-order valence-electron chi connectivity index (χ3n) is 3.96. The lowest BCUT2D eigenvalue weighted by Gasteiger charge is -2.17. The molecule has 1 heterocycles. The minimum absolute atomic E-state index is 0.0338. The summed E-state index contributed by atoms with van der Waals surface area (Å²) >= 11 is 1.62. The summed E-state index contributed by atoms with van der Waals surface area (Å²) < 4.78 is 10.6. The summed E-state index contributed by atoms with van der Waals surface area (Å²) in [6, 6.07) is 5.56. The molecule has 2 rings (SSSR count). The van der Waals surface area contributed by atoms with Crippen LogP contribution in [0.3, 0.4) is 0 Å². The first kappa shape index (κ1) is 17.3. The van der Waals surface area contributed by atoms with Crippen LogP contribution in [0.2, 0.25) is 0 Å². The average Bonchev–Trinajstić information content (AvgIpc) is 2.94. The average molecular weight is 333 g/mol. The van der Waals surface area contributed by atoms with Gasteiger partial charge in [-0.1, -0.05) is 13.0 Å². The van der Waals surface area contributed by atoms with Gasteiger partial charge in [-0.05, 0) is 43.5 Å². The molecule has 0 saturated carbocycles. The fourth-order valence-electron chi connectivity index (χ4n) is 2.59. The van der Waals surface area contributed by atoms with Crippen molar-refractivity contribution in [2.24, 2.45) is 0 Å². The molecular formula is C18H23NO3S. The monoisotopic (exact) mass is 333 g/mol. The molecule has 0 radical (unpaired) electrons. The fraction of sp³-hybridized carbons (Fsp3) is 0.389. The van der Waals surface area contributed by atoms with E-state index < -0.39 is 0 Å². The van der Waals surface area contributed by atoms with E-state index >= 15 is 0 Å². The van der Waals surface area contributed by atoms with Gasteiger partial charge >= 0.3 is 0 Å². The predicted octanol–water partition coefficient (Wildman–Crippen LogP) is 4.13. The van der Waals surface area contributed by atoms with E-state index in [1.807, 2.05) is 30.5 Å². The van der Waals surface area contributed by atoms with Crippen molar-refractivity contribution in [3.8, 4) is 11.5 Å². The summed E-state index contributed by atoms with van der Waals surface area (Å²) in [5, 5.41) is 5.00. The molecule has 0 fully saturated rings. The van der Waals surface area contributed by atoms with Crippen LogP contribution >= 0.6 is 11.3 Å². The van der Waals surface area contributed by atoms with E-state index in [9.17, 15) is 4.79 Å². The first-order chi connectivity index (χ1) is 11.0. The van der Waals surface area contributed by atoms with Gasteiger partial charge in [0.05, 0.1) is 25.8 Å². The van der Waals surface area contributed by atoms with Gasteiger partial charge in [0, 0.05) is 10.3 Å². The number of methoxy groups -OCH3 is 2. The van der Waals surface area contributed by atoms with Crippen molar-refractivity contribution in [1.82, 2.24) is 5.32 Å². The molecule has 124 valence electrons. The number of nitrogens with one attached hydrogen (secondary N) is 1. The molecule has 0 aliphatic heterocycles. The van der Waals surface area contributed by atoms with Gasteiger partial charge in [0.25, 0.3) is 5.91 Å². The zero-order valence-electron chi connectivity index (χ0n) is 14.2. The zero-order chi connectivity index (χ0) is 17.0. The molecule has 0 bridgehead atoms. The Bertz CT molecular complexity index is 694. The number of carbonyl (C=O) groups is 1. The van der Waals surface area contributed by atoms with Crippen molar-refractivity contribution >= 4 is 17.2 Å². The SMILES string of the molecule is CCc1c(C(=O)N[C@H](C)c2ccc(OC)c(OC)c2)csc1C. The smallest absolute Gasteiger partial charge is 0.252 e. The van der Waals surface area contributed by atoms with Gasteiger partial charge in [0.1, 0.15) is 0 Å². The Morgan fingerprint density at radius 2 is 1.96 bits per heavy atom. The second-order valence-electron chi connectivity index (χ2n) is 5.35. The highest BCUT2D eigenvalue weighted by atomic mass is 32.1. The maximum atomic E-state index is 12.5. The van der Waals surface area contributed by atoms with Crippen LogP contribution in [0.15, 0.2) is 23.6 Å². The second-order valence-corrected chi connectivity index (χ2v) is 6.43. The number of carbonyl (C=O) groups excluding carboxylic acids is 1. The van der Waals surface area contributed by atoms with E-state index in [0.29, 0.717) is 11.5 Å². The predicted molar refractivity (Wildman–Crippen MR) is 93.9 cm³/mol. The summed E-state index contributed by atoms with van der Waals surface area (Å²) in [6.45, 7) is 6.09. The summed E-state index contributed by atoms with van der Waals surface area (Å²) in [5.41, 5.74) is 2.88. The van der Waals surface area contributed by atoms with E-state index in [0.717, 1.165) is 23.1 Å². The van der Waals surface area contributed by atoms with Crippen LogP contribution in [0.25, 0.3) is 0 Å². The molecule has 4 nitrogen and oxygen atoms in total. The van der Waals surface area contributed by atoms with Crippen LogP contribution in [0, 0.1) is 6.92 Å². The Balaban J connectivity index is 2.18. The number of ether oxygens (including phenoxy) is 2. The standard InChI is InChI=1S/C18H23NO3S/c1-6-14-12(3)23-10-15(14)18(20)19-11(2)13-7-8-16(21-4)17(9-13)22-5/h7-11H,6H2,1-5H3,(H,19,20)/t11-/m1/s1. The largest absolute Gasteiger partial charge is 0.493 e. The van der Waals surface area contributed by atoms with E-state index in [4.69, 9.17) is 9.47 Å². The van der Waals surface area contributed by atoms with Crippen molar-refractivity contribution in [1.29, 1.82) is 0 Å². The summed E-state index contributed by atoms with van der Waals surface area (Å²) in [7, 11) is 3.21. The Morgan fingerprint density at radius 3 is 2.57 bits per heavy atom. The van der Waals surface area contributed by atoms with Crippen molar-refractivity contribution in [2.75, 3.05) is 14.2 Å². The first-order valence-corrected chi connectivity index (χ1v) is 8.49. The molecule has 5 heteroatoms. The van der Waals surface area contributed by atoms with Crippen molar-refractivity contribution in [3.05, 3.63) is 45.1 Å². The minimum Gasteiger partial charge on any atom is -0.493 e. The Labute approximate surface area is 141 Å².